The maximum Gasteiger partial charge on any atom is 0.231 e. The second-order valence-corrected chi connectivity index (χ2v) is 6.45. The monoisotopic (exact) mass is 387 g/mol. The van der Waals surface area contributed by atoms with E-state index < -0.39 is 0 Å². The standard InChI is InChI=1S/C22H17N3O4/c1-15-11-16(25-10-9-23-13-25)5-7-18(15)29-22-4-2-3-21(24-22)28-17-6-8-19-20(12-17)27-14-26-19/h2-13H,14H2,1H3. The van der Waals surface area contributed by atoms with Gasteiger partial charge in [-0.15, -0.1) is 0 Å². The number of aromatic nitrogens is 3. The quantitative estimate of drug-likeness (QED) is 0.486. The molecule has 0 bridgehead atoms. The van der Waals surface area contributed by atoms with Crippen LogP contribution in [0.1, 0.15) is 5.56 Å². The Labute approximate surface area is 167 Å². The zero-order valence-corrected chi connectivity index (χ0v) is 15.6. The van der Waals surface area contributed by atoms with E-state index in [1.165, 1.54) is 0 Å². The molecule has 0 spiro atoms. The van der Waals surface area contributed by atoms with Crippen LogP contribution in [-0.4, -0.2) is 21.3 Å². The molecule has 5 rings (SSSR count). The topological polar surface area (TPSA) is 67.6 Å². The average molecular weight is 387 g/mol. The first kappa shape index (κ1) is 17.1. The highest BCUT2D eigenvalue weighted by molar-refractivity contribution is 5.48. The SMILES string of the molecule is Cc1cc(-n2ccnc2)ccc1Oc1cccc(Oc2ccc3c(c2)OCO3)n1. The van der Waals surface area contributed by atoms with Crippen LogP contribution in [0.25, 0.3) is 5.69 Å². The van der Waals surface area contributed by atoms with Crippen molar-refractivity contribution < 1.29 is 18.9 Å². The van der Waals surface area contributed by atoms with Gasteiger partial charge in [0.25, 0.3) is 0 Å². The van der Waals surface area contributed by atoms with Crippen molar-refractivity contribution in [2.75, 3.05) is 6.79 Å². The van der Waals surface area contributed by atoms with E-state index in [0.29, 0.717) is 29.0 Å². The third-order valence-corrected chi connectivity index (χ3v) is 4.44. The van der Waals surface area contributed by atoms with Crippen molar-refractivity contribution in [1.82, 2.24) is 14.5 Å². The molecule has 4 aromatic rings. The second-order valence-electron chi connectivity index (χ2n) is 6.45. The summed E-state index contributed by atoms with van der Waals surface area (Å²) >= 11 is 0. The Hall–Kier alpha value is -4.00. The molecule has 2 aromatic heterocycles. The van der Waals surface area contributed by atoms with Crippen LogP contribution in [0.4, 0.5) is 0 Å². The number of fused-ring (bicyclic) bond motifs is 1. The third-order valence-electron chi connectivity index (χ3n) is 4.44. The summed E-state index contributed by atoms with van der Waals surface area (Å²) < 4.78 is 24.4. The molecule has 29 heavy (non-hydrogen) atoms. The first-order chi connectivity index (χ1) is 14.2. The summed E-state index contributed by atoms with van der Waals surface area (Å²) in [4.78, 5) is 8.51. The number of hydrogen-bond donors (Lipinski definition) is 0. The molecular formula is C22H17N3O4. The number of ether oxygens (including phenoxy) is 4. The van der Waals surface area contributed by atoms with E-state index in [2.05, 4.69) is 9.97 Å². The predicted molar refractivity (Wildman–Crippen MR) is 105 cm³/mol. The Bertz CT molecular complexity index is 1160. The fourth-order valence-electron chi connectivity index (χ4n) is 3.00. The van der Waals surface area contributed by atoms with Gasteiger partial charge in [0.1, 0.15) is 11.5 Å². The highest BCUT2D eigenvalue weighted by Gasteiger charge is 2.14. The molecule has 1 aliphatic heterocycles. The van der Waals surface area contributed by atoms with E-state index in [-0.39, 0.29) is 6.79 Å². The van der Waals surface area contributed by atoms with Crippen LogP contribution >= 0.6 is 0 Å². The summed E-state index contributed by atoms with van der Waals surface area (Å²) in [6.07, 6.45) is 5.40. The lowest BCUT2D eigenvalue weighted by molar-refractivity contribution is 0.174. The van der Waals surface area contributed by atoms with Gasteiger partial charge in [0.05, 0.1) is 6.33 Å². The van der Waals surface area contributed by atoms with Gasteiger partial charge in [-0.2, -0.15) is 4.98 Å². The Morgan fingerprint density at radius 2 is 1.79 bits per heavy atom. The maximum absolute atomic E-state index is 5.97. The molecule has 3 heterocycles. The molecule has 0 saturated heterocycles. The molecule has 0 aliphatic carbocycles. The van der Waals surface area contributed by atoms with E-state index in [0.717, 1.165) is 17.0 Å². The van der Waals surface area contributed by atoms with Crippen LogP contribution in [0, 0.1) is 6.92 Å². The summed E-state index contributed by atoms with van der Waals surface area (Å²) in [6.45, 7) is 2.21. The van der Waals surface area contributed by atoms with Crippen LogP contribution in [0.15, 0.2) is 73.3 Å². The summed E-state index contributed by atoms with van der Waals surface area (Å²) in [5, 5.41) is 0. The molecule has 0 atom stereocenters. The van der Waals surface area contributed by atoms with Gasteiger partial charge in [0, 0.05) is 36.3 Å². The molecule has 0 N–H and O–H groups in total. The normalized spacial score (nSPS) is 12.0. The fraction of sp³-hybridized carbons (Fsp3) is 0.0909. The minimum Gasteiger partial charge on any atom is -0.454 e. The fourth-order valence-corrected chi connectivity index (χ4v) is 3.00. The lowest BCUT2D eigenvalue weighted by Crippen LogP contribution is -1.95. The Morgan fingerprint density at radius 3 is 2.62 bits per heavy atom. The van der Waals surface area contributed by atoms with Gasteiger partial charge in [-0.1, -0.05) is 6.07 Å². The van der Waals surface area contributed by atoms with Crippen molar-refractivity contribution in [3.05, 3.63) is 78.9 Å². The second kappa shape index (κ2) is 7.20. The highest BCUT2D eigenvalue weighted by atomic mass is 16.7. The molecule has 0 amide bonds. The number of imidazole rings is 1. The molecule has 0 saturated carbocycles. The minimum absolute atomic E-state index is 0.222. The van der Waals surface area contributed by atoms with Crippen molar-refractivity contribution in [3.63, 3.8) is 0 Å². The Morgan fingerprint density at radius 1 is 0.931 bits per heavy atom. The maximum atomic E-state index is 5.97. The van der Waals surface area contributed by atoms with Gasteiger partial charge in [0.2, 0.25) is 18.6 Å². The van der Waals surface area contributed by atoms with E-state index in [4.69, 9.17) is 18.9 Å². The van der Waals surface area contributed by atoms with Crippen molar-refractivity contribution in [1.29, 1.82) is 0 Å². The van der Waals surface area contributed by atoms with E-state index in [1.807, 2.05) is 54.1 Å². The summed E-state index contributed by atoms with van der Waals surface area (Å²) in [7, 11) is 0. The first-order valence-electron chi connectivity index (χ1n) is 9.06. The largest absolute Gasteiger partial charge is 0.454 e. The molecule has 0 radical (unpaired) electrons. The highest BCUT2D eigenvalue weighted by Crippen LogP contribution is 2.36. The van der Waals surface area contributed by atoms with Gasteiger partial charge in [-0.05, 0) is 42.8 Å². The number of nitrogens with zero attached hydrogens (tertiary/aromatic N) is 3. The summed E-state index contributed by atoms with van der Waals surface area (Å²) in [5.74, 6) is 3.57. The molecule has 144 valence electrons. The molecule has 1 aliphatic rings. The number of rotatable bonds is 5. The molecule has 0 unspecified atom stereocenters. The summed E-state index contributed by atoms with van der Waals surface area (Å²) in [6, 6.07) is 16.7. The van der Waals surface area contributed by atoms with E-state index in [1.54, 1.807) is 30.7 Å². The first-order valence-corrected chi connectivity index (χ1v) is 9.06. The number of benzene rings is 2. The van der Waals surface area contributed by atoms with Crippen LogP contribution < -0.4 is 18.9 Å². The van der Waals surface area contributed by atoms with E-state index >= 15 is 0 Å². The molecule has 2 aromatic carbocycles. The van der Waals surface area contributed by atoms with Crippen molar-refractivity contribution in [3.8, 4) is 40.4 Å². The Kier molecular flexibility index (Phi) is 4.25. The van der Waals surface area contributed by atoms with Crippen LogP contribution in [0.5, 0.6) is 34.8 Å². The molecular weight excluding hydrogens is 370 g/mol. The van der Waals surface area contributed by atoms with Crippen molar-refractivity contribution in [2.45, 2.75) is 6.92 Å². The van der Waals surface area contributed by atoms with Gasteiger partial charge in [-0.3, -0.25) is 0 Å². The average Bonchev–Trinajstić information content (AvgIpc) is 3.41. The minimum atomic E-state index is 0.222. The number of aryl methyl sites for hydroxylation is 1. The molecule has 7 nitrogen and oxygen atoms in total. The van der Waals surface area contributed by atoms with Gasteiger partial charge in [0.15, 0.2) is 11.5 Å². The van der Waals surface area contributed by atoms with Crippen molar-refractivity contribution in [2.24, 2.45) is 0 Å². The van der Waals surface area contributed by atoms with Crippen LogP contribution in [0.2, 0.25) is 0 Å². The summed E-state index contributed by atoms with van der Waals surface area (Å²) in [5.41, 5.74) is 2.00. The lowest BCUT2D eigenvalue weighted by Gasteiger charge is -2.11. The third kappa shape index (κ3) is 3.58. The lowest BCUT2D eigenvalue weighted by atomic mass is 10.2. The number of pyridine rings is 1. The zero-order valence-electron chi connectivity index (χ0n) is 15.6. The van der Waals surface area contributed by atoms with Gasteiger partial charge >= 0.3 is 0 Å². The van der Waals surface area contributed by atoms with Gasteiger partial charge < -0.3 is 23.5 Å². The predicted octanol–water partition coefficient (Wildman–Crippen LogP) is 4.89. The zero-order chi connectivity index (χ0) is 19.6. The van der Waals surface area contributed by atoms with Crippen molar-refractivity contribution >= 4 is 0 Å². The van der Waals surface area contributed by atoms with Gasteiger partial charge in [-0.25, -0.2) is 4.98 Å². The van der Waals surface area contributed by atoms with Crippen LogP contribution in [-0.2, 0) is 0 Å². The molecule has 7 heteroatoms. The molecule has 0 fully saturated rings. The Balaban J connectivity index is 1.33. The van der Waals surface area contributed by atoms with Crippen LogP contribution in [0.3, 0.4) is 0 Å². The smallest absolute Gasteiger partial charge is 0.231 e. The number of hydrogen-bond acceptors (Lipinski definition) is 6. The van der Waals surface area contributed by atoms with E-state index in [9.17, 15) is 0 Å².